The monoisotopic (exact) mass is 424 g/mol. The summed E-state index contributed by atoms with van der Waals surface area (Å²) >= 11 is 0. The quantitative estimate of drug-likeness (QED) is 0.278. The van der Waals surface area contributed by atoms with Gasteiger partial charge in [0.15, 0.2) is 5.75 Å². The number of likely N-dealkylation sites (tertiary alicyclic amines) is 1. The third-order valence-corrected chi connectivity index (χ3v) is 4.50. The first-order valence-electron chi connectivity index (χ1n) is 9.17. The van der Waals surface area contributed by atoms with Gasteiger partial charge in [-0.2, -0.15) is 0 Å². The molecular weight excluding hydrogens is 400 g/mol. The third kappa shape index (κ3) is 4.78. The molecule has 1 fully saturated rings. The summed E-state index contributed by atoms with van der Waals surface area (Å²) in [5.74, 6) is -1.84. The molecule has 1 aliphatic heterocycles. The highest BCUT2D eigenvalue weighted by Gasteiger charge is 2.57. The van der Waals surface area contributed by atoms with Crippen molar-refractivity contribution in [3.05, 3.63) is 34.4 Å². The molecule has 0 saturated carbocycles. The maximum Gasteiger partial charge on any atom is 0.410 e. The average Bonchev–Trinajstić information content (AvgIpc) is 3.11. The highest BCUT2D eigenvalue weighted by Crippen LogP contribution is 2.37. The molecule has 30 heavy (non-hydrogen) atoms. The van der Waals surface area contributed by atoms with E-state index in [4.69, 9.17) is 18.9 Å². The molecule has 0 spiro atoms. The van der Waals surface area contributed by atoms with E-state index in [1.165, 1.54) is 24.3 Å². The van der Waals surface area contributed by atoms with E-state index in [0.29, 0.717) is 0 Å². The Bertz CT molecular complexity index is 826. The number of methoxy groups -OCH3 is 2. The van der Waals surface area contributed by atoms with Gasteiger partial charge in [0.25, 0.3) is 0 Å². The zero-order chi connectivity index (χ0) is 22.5. The van der Waals surface area contributed by atoms with Crippen LogP contribution in [0.15, 0.2) is 24.3 Å². The van der Waals surface area contributed by atoms with Gasteiger partial charge in [0, 0.05) is 12.5 Å². The van der Waals surface area contributed by atoms with Gasteiger partial charge in [-0.3, -0.25) is 15.0 Å². The fraction of sp³-hybridized carbons (Fsp3) is 0.526. The Morgan fingerprint density at radius 1 is 1.23 bits per heavy atom. The van der Waals surface area contributed by atoms with Crippen LogP contribution in [0.3, 0.4) is 0 Å². The molecular formula is C19H24N2O9. The number of esters is 2. The maximum atomic E-state index is 12.7. The van der Waals surface area contributed by atoms with E-state index in [2.05, 4.69) is 0 Å². The number of carbonyl (C=O) groups excluding carboxylic acids is 3. The van der Waals surface area contributed by atoms with E-state index < -0.39 is 41.1 Å². The number of nitro groups is 1. The molecule has 1 aromatic rings. The number of nitro benzene ring substituents is 1. The topological polar surface area (TPSA) is 135 Å². The fourth-order valence-electron chi connectivity index (χ4n) is 3.09. The molecule has 1 amide bonds. The van der Waals surface area contributed by atoms with Gasteiger partial charge < -0.3 is 18.9 Å². The molecule has 1 aliphatic rings. The van der Waals surface area contributed by atoms with Gasteiger partial charge in [-0.05, 0) is 12.0 Å². The normalized spacial score (nSPS) is 20.6. The van der Waals surface area contributed by atoms with Gasteiger partial charge in [0.1, 0.15) is 6.04 Å². The van der Waals surface area contributed by atoms with Crippen LogP contribution in [0.25, 0.3) is 0 Å². The van der Waals surface area contributed by atoms with Crippen LogP contribution in [-0.2, 0) is 23.8 Å². The van der Waals surface area contributed by atoms with E-state index in [1.54, 1.807) is 0 Å². The highest BCUT2D eigenvalue weighted by atomic mass is 16.6. The van der Waals surface area contributed by atoms with Crippen molar-refractivity contribution in [2.45, 2.75) is 31.9 Å². The van der Waals surface area contributed by atoms with Crippen LogP contribution >= 0.6 is 0 Å². The van der Waals surface area contributed by atoms with Crippen molar-refractivity contribution in [2.75, 3.05) is 27.4 Å². The minimum Gasteiger partial charge on any atom is -0.467 e. The molecule has 2 rings (SSSR count). The lowest BCUT2D eigenvalue weighted by Gasteiger charge is -2.27. The minimum absolute atomic E-state index is 0.0433. The first-order valence-corrected chi connectivity index (χ1v) is 9.17. The van der Waals surface area contributed by atoms with Crippen molar-refractivity contribution in [2.24, 2.45) is 5.92 Å². The zero-order valence-corrected chi connectivity index (χ0v) is 17.2. The molecule has 164 valence electrons. The Kier molecular flexibility index (Phi) is 7.19. The number of benzene rings is 1. The third-order valence-electron chi connectivity index (χ3n) is 4.50. The largest absolute Gasteiger partial charge is 0.467 e. The first-order chi connectivity index (χ1) is 14.1. The van der Waals surface area contributed by atoms with Crippen LogP contribution in [-0.4, -0.2) is 66.9 Å². The number of nitrogens with zero attached hydrogens (tertiary/aromatic N) is 2. The summed E-state index contributed by atoms with van der Waals surface area (Å²) in [5.41, 5.74) is -2.24. The number of hydrogen-bond donors (Lipinski definition) is 0. The van der Waals surface area contributed by atoms with Crippen molar-refractivity contribution in [3.8, 4) is 5.75 Å². The van der Waals surface area contributed by atoms with Crippen molar-refractivity contribution in [3.63, 3.8) is 0 Å². The summed E-state index contributed by atoms with van der Waals surface area (Å²) in [7, 11) is 2.25. The lowest BCUT2D eigenvalue weighted by molar-refractivity contribution is -0.386. The van der Waals surface area contributed by atoms with Gasteiger partial charge in [0.2, 0.25) is 5.60 Å². The molecule has 1 unspecified atom stereocenters. The van der Waals surface area contributed by atoms with Crippen molar-refractivity contribution in [1.82, 2.24) is 4.90 Å². The van der Waals surface area contributed by atoms with E-state index >= 15 is 0 Å². The van der Waals surface area contributed by atoms with E-state index in [-0.39, 0.29) is 30.4 Å². The molecule has 0 N–H and O–H groups in total. The number of amides is 1. The van der Waals surface area contributed by atoms with Crippen LogP contribution in [0.2, 0.25) is 0 Å². The highest BCUT2D eigenvalue weighted by molar-refractivity contribution is 5.88. The molecule has 11 heteroatoms. The SMILES string of the molecule is COC(=O)[C@@H]1CC(Oc2ccccc2[N+](=O)[O-])(C(=O)OC)CN1C(=O)OCC(C)C. The molecule has 2 atom stereocenters. The molecule has 0 aliphatic carbocycles. The molecule has 1 heterocycles. The number of ether oxygens (including phenoxy) is 4. The minimum atomic E-state index is -1.86. The molecule has 11 nitrogen and oxygen atoms in total. The summed E-state index contributed by atoms with van der Waals surface area (Å²) < 4.78 is 20.5. The molecule has 0 aromatic heterocycles. The summed E-state index contributed by atoms with van der Waals surface area (Å²) in [6.07, 6.45) is -1.16. The van der Waals surface area contributed by atoms with Crippen molar-refractivity contribution >= 4 is 23.7 Å². The Balaban J connectivity index is 2.44. The number of hydrogen-bond acceptors (Lipinski definition) is 9. The molecule has 1 aromatic carbocycles. The Hall–Kier alpha value is -3.37. The number of rotatable bonds is 7. The smallest absolute Gasteiger partial charge is 0.410 e. The van der Waals surface area contributed by atoms with Gasteiger partial charge in [0.05, 0.1) is 32.3 Å². The lowest BCUT2D eigenvalue weighted by atomic mass is 9.99. The Morgan fingerprint density at radius 2 is 1.90 bits per heavy atom. The van der Waals surface area contributed by atoms with Crippen molar-refractivity contribution < 1.29 is 38.3 Å². The predicted molar refractivity (Wildman–Crippen MR) is 102 cm³/mol. The van der Waals surface area contributed by atoms with Crippen LogP contribution in [0.1, 0.15) is 20.3 Å². The van der Waals surface area contributed by atoms with Crippen LogP contribution in [0.5, 0.6) is 5.75 Å². The van der Waals surface area contributed by atoms with Crippen molar-refractivity contribution in [1.29, 1.82) is 0 Å². The second kappa shape index (κ2) is 9.42. The maximum absolute atomic E-state index is 12.7. The first kappa shape index (κ1) is 22.9. The summed E-state index contributed by atoms with van der Waals surface area (Å²) in [6, 6.07) is 4.26. The number of para-hydroxylation sites is 2. The summed E-state index contributed by atoms with van der Waals surface area (Å²) in [4.78, 5) is 49.2. The van der Waals surface area contributed by atoms with Gasteiger partial charge in [-0.25, -0.2) is 14.4 Å². The number of carbonyl (C=O) groups is 3. The zero-order valence-electron chi connectivity index (χ0n) is 17.2. The van der Waals surface area contributed by atoms with Crippen LogP contribution in [0, 0.1) is 16.0 Å². The Labute approximate surface area is 173 Å². The predicted octanol–water partition coefficient (Wildman–Crippen LogP) is 1.93. The summed E-state index contributed by atoms with van der Waals surface area (Å²) in [5, 5.41) is 11.3. The van der Waals surface area contributed by atoms with E-state index in [1.807, 2.05) is 13.8 Å². The van der Waals surface area contributed by atoms with Crippen LogP contribution in [0.4, 0.5) is 10.5 Å². The van der Waals surface area contributed by atoms with Crippen LogP contribution < -0.4 is 4.74 Å². The lowest BCUT2D eigenvalue weighted by Crippen LogP contribution is -2.48. The van der Waals surface area contributed by atoms with E-state index in [0.717, 1.165) is 19.1 Å². The standard InChI is InChI=1S/C19H24N2O9/c1-12(2)10-29-18(24)20-11-19(17(23)28-4,9-14(20)16(22)27-3)30-15-8-6-5-7-13(15)21(25)26/h5-8,12,14H,9-11H2,1-4H3/t14-,19?/m0/s1. The average molecular weight is 424 g/mol. The molecule has 0 bridgehead atoms. The fourth-order valence-corrected chi connectivity index (χ4v) is 3.09. The second-order valence-electron chi connectivity index (χ2n) is 7.15. The Morgan fingerprint density at radius 3 is 2.47 bits per heavy atom. The van der Waals surface area contributed by atoms with Gasteiger partial charge >= 0.3 is 23.7 Å². The summed E-state index contributed by atoms with van der Waals surface area (Å²) in [6.45, 7) is 3.36. The van der Waals surface area contributed by atoms with E-state index in [9.17, 15) is 24.5 Å². The second-order valence-corrected chi connectivity index (χ2v) is 7.15. The molecule has 0 radical (unpaired) electrons. The molecule has 1 saturated heterocycles. The van der Waals surface area contributed by atoms with Gasteiger partial charge in [-0.15, -0.1) is 0 Å². The van der Waals surface area contributed by atoms with Gasteiger partial charge in [-0.1, -0.05) is 26.0 Å².